The fourth-order valence-corrected chi connectivity index (χ4v) is 0.481. The molecule has 0 rings (SSSR count). The van der Waals surface area contributed by atoms with Crippen LogP contribution >= 0.6 is 24.0 Å². The van der Waals surface area contributed by atoms with E-state index < -0.39 is 0 Å². The van der Waals surface area contributed by atoms with Gasteiger partial charge in [-0.25, -0.2) is 0 Å². The van der Waals surface area contributed by atoms with Crippen LogP contribution in [0.1, 0.15) is 13.8 Å². The number of thioether (sulfide) groups is 1. The summed E-state index contributed by atoms with van der Waals surface area (Å²) in [6.07, 6.45) is 3.74. The second-order valence-corrected chi connectivity index (χ2v) is 3.61. The minimum Gasteiger partial charge on any atom is -0.263 e. The van der Waals surface area contributed by atoms with Crippen LogP contribution in [0.15, 0.2) is 5.10 Å². The molecule has 0 atom stereocenters. The van der Waals surface area contributed by atoms with Gasteiger partial charge in [0.1, 0.15) is 0 Å². The first kappa shape index (κ1) is 9.91. The summed E-state index contributed by atoms with van der Waals surface area (Å²) in [6.45, 7) is 4.13. The minimum atomic E-state index is 0.470. The van der Waals surface area contributed by atoms with Gasteiger partial charge in [0.2, 0.25) is 0 Å². The van der Waals surface area contributed by atoms with Gasteiger partial charge >= 0.3 is 0 Å². The lowest BCUT2D eigenvalue weighted by Crippen LogP contribution is -2.10. The Morgan fingerprint density at radius 2 is 2.30 bits per heavy atom. The Morgan fingerprint density at radius 3 is 2.70 bits per heavy atom. The summed E-state index contributed by atoms with van der Waals surface area (Å²) in [5.74, 6) is 0.470. The largest absolute Gasteiger partial charge is 0.263 e. The van der Waals surface area contributed by atoms with Crippen molar-refractivity contribution in [3.8, 4) is 0 Å². The number of hydrogen-bond donors (Lipinski definition) is 1. The molecule has 2 nitrogen and oxygen atoms in total. The normalized spacial score (nSPS) is 10.8. The molecule has 0 saturated heterocycles. The molecule has 0 aromatic heterocycles. The van der Waals surface area contributed by atoms with Crippen LogP contribution < -0.4 is 5.43 Å². The first-order valence-electron chi connectivity index (χ1n) is 3.04. The summed E-state index contributed by atoms with van der Waals surface area (Å²) < 4.78 is 0.705. The SMILES string of the molecule is CSC(=S)NN=CC(C)C. The molecule has 0 aliphatic rings. The predicted molar refractivity (Wildman–Crippen MR) is 52.6 cm³/mol. The van der Waals surface area contributed by atoms with Gasteiger partial charge in [-0.2, -0.15) is 5.10 Å². The lowest BCUT2D eigenvalue weighted by atomic mass is 10.3. The molecule has 0 aliphatic carbocycles. The monoisotopic (exact) mass is 176 g/mol. The summed E-state index contributed by atoms with van der Waals surface area (Å²) in [5, 5.41) is 3.90. The van der Waals surface area contributed by atoms with Crippen molar-refractivity contribution in [2.24, 2.45) is 11.0 Å². The highest BCUT2D eigenvalue weighted by Gasteiger charge is 1.87. The van der Waals surface area contributed by atoms with Crippen LogP contribution in [0.25, 0.3) is 0 Å². The zero-order chi connectivity index (χ0) is 7.98. The maximum Gasteiger partial charge on any atom is 0.153 e. The number of hydrazone groups is 1. The lowest BCUT2D eigenvalue weighted by molar-refractivity contribution is 0.888. The Morgan fingerprint density at radius 1 is 1.70 bits per heavy atom. The van der Waals surface area contributed by atoms with Crippen molar-refractivity contribution in [2.45, 2.75) is 13.8 Å². The second kappa shape index (κ2) is 5.68. The average Bonchev–Trinajstić information content (AvgIpc) is 1.87. The third-order valence-corrected chi connectivity index (χ3v) is 1.77. The smallest absolute Gasteiger partial charge is 0.153 e. The van der Waals surface area contributed by atoms with E-state index in [1.165, 1.54) is 11.8 Å². The average molecular weight is 176 g/mol. The first-order valence-corrected chi connectivity index (χ1v) is 4.67. The van der Waals surface area contributed by atoms with Crippen LogP contribution in [-0.4, -0.2) is 16.8 Å². The Balaban J connectivity index is 3.43. The number of thiocarbonyl (C=S) groups is 1. The molecule has 0 aromatic carbocycles. The zero-order valence-electron chi connectivity index (χ0n) is 6.42. The van der Waals surface area contributed by atoms with Crippen molar-refractivity contribution in [3.05, 3.63) is 0 Å². The van der Waals surface area contributed by atoms with E-state index in [2.05, 4.69) is 24.4 Å². The summed E-state index contributed by atoms with van der Waals surface area (Å²) in [6, 6.07) is 0. The molecule has 0 saturated carbocycles. The fraction of sp³-hybridized carbons (Fsp3) is 0.667. The quantitative estimate of drug-likeness (QED) is 0.395. The molecule has 0 unspecified atom stereocenters. The summed E-state index contributed by atoms with van der Waals surface area (Å²) in [7, 11) is 0. The van der Waals surface area contributed by atoms with Gasteiger partial charge in [0.05, 0.1) is 0 Å². The van der Waals surface area contributed by atoms with Crippen molar-refractivity contribution >= 4 is 34.5 Å². The van der Waals surface area contributed by atoms with Crippen LogP contribution in [-0.2, 0) is 0 Å². The molecule has 0 aromatic rings. The standard InChI is InChI=1S/C6H12N2S2/c1-5(2)4-7-8-6(9)10-3/h4-5H,1-3H3,(H,8,9). The van der Waals surface area contributed by atoms with Gasteiger partial charge in [-0.05, 0) is 12.2 Å². The van der Waals surface area contributed by atoms with Crippen LogP contribution in [0.5, 0.6) is 0 Å². The molecule has 1 N–H and O–H groups in total. The molecule has 0 spiro atoms. The predicted octanol–water partition coefficient (Wildman–Crippen LogP) is 1.87. The first-order chi connectivity index (χ1) is 4.66. The topological polar surface area (TPSA) is 24.4 Å². The molecular formula is C6H12N2S2. The third-order valence-electron chi connectivity index (χ3n) is 0.714. The third kappa shape index (κ3) is 6.04. The fourth-order valence-electron chi connectivity index (χ4n) is 0.285. The minimum absolute atomic E-state index is 0.470. The van der Waals surface area contributed by atoms with E-state index in [1.807, 2.05) is 12.5 Å². The number of nitrogens with zero attached hydrogens (tertiary/aromatic N) is 1. The molecule has 0 bridgehead atoms. The Hall–Kier alpha value is -0.0900. The van der Waals surface area contributed by atoms with Crippen molar-refractivity contribution in [1.29, 1.82) is 0 Å². The molecule has 0 amide bonds. The Labute approximate surface area is 71.5 Å². The van der Waals surface area contributed by atoms with Crippen molar-refractivity contribution in [3.63, 3.8) is 0 Å². The summed E-state index contributed by atoms with van der Waals surface area (Å²) >= 11 is 6.33. The number of hydrogen-bond acceptors (Lipinski definition) is 3. The van der Waals surface area contributed by atoms with Crippen LogP contribution in [0.4, 0.5) is 0 Å². The molecule has 58 valence electrons. The van der Waals surface area contributed by atoms with Crippen LogP contribution in [0.3, 0.4) is 0 Å². The van der Waals surface area contributed by atoms with Gasteiger partial charge < -0.3 is 0 Å². The number of nitrogens with one attached hydrogen (secondary N) is 1. The van der Waals surface area contributed by atoms with Crippen LogP contribution in [0, 0.1) is 5.92 Å². The van der Waals surface area contributed by atoms with E-state index in [-0.39, 0.29) is 0 Å². The molecular weight excluding hydrogens is 164 g/mol. The van der Waals surface area contributed by atoms with Crippen LogP contribution in [0.2, 0.25) is 0 Å². The maximum atomic E-state index is 4.85. The van der Waals surface area contributed by atoms with E-state index in [1.54, 1.807) is 0 Å². The molecule has 10 heavy (non-hydrogen) atoms. The van der Waals surface area contributed by atoms with E-state index in [0.29, 0.717) is 10.2 Å². The maximum absolute atomic E-state index is 4.85. The molecule has 0 radical (unpaired) electrons. The van der Waals surface area contributed by atoms with E-state index in [0.717, 1.165) is 0 Å². The molecule has 0 heterocycles. The Kier molecular flexibility index (Phi) is 5.63. The van der Waals surface area contributed by atoms with Crippen molar-refractivity contribution in [1.82, 2.24) is 5.43 Å². The van der Waals surface area contributed by atoms with Gasteiger partial charge in [0, 0.05) is 6.21 Å². The van der Waals surface area contributed by atoms with Crippen molar-refractivity contribution in [2.75, 3.05) is 6.26 Å². The summed E-state index contributed by atoms with van der Waals surface area (Å²) in [4.78, 5) is 0. The number of rotatable bonds is 2. The highest BCUT2D eigenvalue weighted by molar-refractivity contribution is 8.22. The second-order valence-electron chi connectivity index (χ2n) is 2.13. The Bertz CT molecular complexity index is 132. The van der Waals surface area contributed by atoms with Gasteiger partial charge in [0.25, 0.3) is 0 Å². The van der Waals surface area contributed by atoms with E-state index >= 15 is 0 Å². The van der Waals surface area contributed by atoms with Gasteiger partial charge in [-0.1, -0.05) is 37.8 Å². The zero-order valence-corrected chi connectivity index (χ0v) is 8.05. The summed E-state index contributed by atoms with van der Waals surface area (Å²) in [5.41, 5.74) is 2.73. The van der Waals surface area contributed by atoms with Gasteiger partial charge in [-0.15, -0.1) is 0 Å². The molecule has 4 heteroatoms. The highest BCUT2D eigenvalue weighted by Crippen LogP contribution is 1.92. The van der Waals surface area contributed by atoms with Gasteiger partial charge in [-0.3, -0.25) is 5.43 Å². The molecule has 0 aliphatic heterocycles. The lowest BCUT2D eigenvalue weighted by Gasteiger charge is -1.97. The van der Waals surface area contributed by atoms with Gasteiger partial charge in [0.15, 0.2) is 4.32 Å². The van der Waals surface area contributed by atoms with E-state index in [9.17, 15) is 0 Å². The molecule has 0 fully saturated rings. The van der Waals surface area contributed by atoms with Crippen molar-refractivity contribution < 1.29 is 0 Å². The van der Waals surface area contributed by atoms with E-state index in [4.69, 9.17) is 12.2 Å². The highest BCUT2D eigenvalue weighted by atomic mass is 32.2.